The number of ether oxygens (including phenoxy) is 1. The van der Waals surface area contributed by atoms with Gasteiger partial charge in [0.25, 0.3) is 0 Å². The van der Waals surface area contributed by atoms with Gasteiger partial charge in [0.05, 0.1) is 24.1 Å². The largest absolute Gasteiger partial charge is 0.416 e. The van der Waals surface area contributed by atoms with E-state index in [-0.39, 0.29) is 12.2 Å². The molecule has 2 aromatic rings. The summed E-state index contributed by atoms with van der Waals surface area (Å²) in [5.41, 5.74) is 1.43. The average Bonchev–Trinajstić information content (AvgIpc) is 2.74. The molecule has 1 saturated heterocycles. The number of Topliss-reactive ketones (excluding diaryl/α,β-unsaturated/α-hetero) is 1. The summed E-state index contributed by atoms with van der Waals surface area (Å²) in [5, 5.41) is 9.70. The molecule has 140 valence electrons. The number of allylic oxidation sites excluding steroid dienone is 1. The van der Waals surface area contributed by atoms with Crippen LogP contribution in [0.4, 0.5) is 4.79 Å². The fourth-order valence-corrected chi connectivity index (χ4v) is 4.09. The second-order valence-corrected chi connectivity index (χ2v) is 7.06. The van der Waals surface area contributed by atoms with E-state index in [1.807, 2.05) is 42.5 Å². The molecule has 5 heteroatoms. The van der Waals surface area contributed by atoms with E-state index in [4.69, 9.17) is 4.74 Å². The molecule has 1 heterocycles. The lowest BCUT2D eigenvalue weighted by Gasteiger charge is -2.45. The highest BCUT2D eigenvalue weighted by Crippen LogP contribution is 2.42. The molecule has 0 N–H and O–H groups in total. The van der Waals surface area contributed by atoms with Crippen LogP contribution in [0, 0.1) is 17.2 Å². The van der Waals surface area contributed by atoms with Crippen LogP contribution in [-0.4, -0.2) is 22.8 Å². The van der Waals surface area contributed by atoms with Gasteiger partial charge >= 0.3 is 6.09 Å². The second-order valence-electron chi connectivity index (χ2n) is 7.06. The van der Waals surface area contributed by atoms with E-state index >= 15 is 0 Å². The molecule has 0 unspecified atom stereocenters. The number of nitrogens with zero attached hydrogens (tertiary/aromatic N) is 2. The highest BCUT2D eigenvalue weighted by atomic mass is 16.6. The minimum atomic E-state index is -0.582. The third-order valence-corrected chi connectivity index (χ3v) is 5.39. The molecule has 5 nitrogen and oxygen atoms in total. The van der Waals surface area contributed by atoms with Gasteiger partial charge in [-0.05, 0) is 30.5 Å². The van der Waals surface area contributed by atoms with Crippen molar-refractivity contribution in [2.75, 3.05) is 0 Å². The first-order chi connectivity index (χ1) is 13.7. The molecule has 0 radical (unpaired) electrons. The summed E-state index contributed by atoms with van der Waals surface area (Å²) in [6.07, 6.45) is 2.83. The maximum absolute atomic E-state index is 13.2. The van der Waals surface area contributed by atoms with Crippen LogP contribution < -0.4 is 4.74 Å². The number of amides is 1. The highest BCUT2D eigenvalue weighted by molar-refractivity contribution is 5.99. The maximum atomic E-state index is 13.2. The third kappa shape index (κ3) is 3.29. The van der Waals surface area contributed by atoms with E-state index in [0.717, 1.165) is 5.56 Å². The first-order valence-electron chi connectivity index (χ1n) is 9.42. The number of rotatable bonds is 2. The van der Waals surface area contributed by atoms with Gasteiger partial charge in [-0.25, -0.2) is 4.79 Å². The molecule has 2 aromatic carbocycles. The predicted molar refractivity (Wildman–Crippen MR) is 103 cm³/mol. The third-order valence-electron chi connectivity index (χ3n) is 5.39. The zero-order valence-corrected chi connectivity index (χ0v) is 15.3. The topological polar surface area (TPSA) is 70.4 Å². The Morgan fingerprint density at radius 2 is 1.75 bits per heavy atom. The van der Waals surface area contributed by atoms with E-state index < -0.39 is 24.1 Å². The molecule has 4 rings (SSSR count). The Kier molecular flexibility index (Phi) is 4.94. The zero-order valence-electron chi connectivity index (χ0n) is 15.3. The average molecular weight is 372 g/mol. The van der Waals surface area contributed by atoms with E-state index in [1.54, 1.807) is 29.2 Å². The Labute approximate surface area is 163 Å². The van der Waals surface area contributed by atoms with Crippen molar-refractivity contribution >= 4 is 11.9 Å². The number of likely N-dealkylation sites (tertiary alicyclic amines) is 1. The summed E-state index contributed by atoms with van der Waals surface area (Å²) in [4.78, 5) is 27.7. The van der Waals surface area contributed by atoms with Gasteiger partial charge in [-0.3, -0.25) is 9.69 Å². The number of piperidine rings is 1. The van der Waals surface area contributed by atoms with Crippen LogP contribution in [-0.2, 0) is 4.79 Å². The Morgan fingerprint density at radius 3 is 2.43 bits per heavy atom. The van der Waals surface area contributed by atoms with Crippen molar-refractivity contribution in [3.05, 3.63) is 77.9 Å². The summed E-state index contributed by atoms with van der Waals surface area (Å²) < 4.78 is 5.62. The minimum absolute atomic E-state index is 0.00237. The first kappa shape index (κ1) is 18.0. The number of carbonyl (C=O) groups excluding carboxylic acids is 2. The van der Waals surface area contributed by atoms with Crippen molar-refractivity contribution in [3.63, 3.8) is 0 Å². The molecule has 0 aromatic heterocycles. The van der Waals surface area contributed by atoms with Crippen LogP contribution in [0.1, 0.15) is 30.9 Å². The monoisotopic (exact) mass is 372 g/mol. The van der Waals surface area contributed by atoms with Crippen molar-refractivity contribution < 1.29 is 14.3 Å². The van der Waals surface area contributed by atoms with Crippen LogP contribution in [0.5, 0.6) is 5.75 Å². The van der Waals surface area contributed by atoms with Gasteiger partial charge in [0, 0.05) is 12.0 Å². The van der Waals surface area contributed by atoms with Gasteiger partial charge < -0.3 is 4.74 Å². The summed E-state index contributed by atoms with van der Waals surface area (Å²) in [7, 11) is 0. The molecule has 1 fully saturated rings. The Morgan fingerprint density at radius 1 is 1.07 bits per heavy atom. The number of fused-ring (bicyclic) bond motifs is 1. The SMILES string of the molecule is N#C[C@H]1CCC=C2C(=O)C[C@@H](c3ccccc3)N(C(=O)Oc3ccccc3)[C@@H]21. The smallest absolute Gasteiger partial charge is 0.410 e. The molecule has 0 spiro atoms. The van der Waals surface area contributed by atoms with E-state index in [1.165, 1.54) is 0 Å². The molecule has 2 aliphatic rings. The number of hydrogen-bond donors (Lipinski definition) is 0. The van der Waals surface area contributed by atoms with Crippen molar-refractivity contribution in [1.82, 2.24) is 4.90 Å². The molecular formula is C23H20N2O3. The van der Waals surface area contributed by atoms with Crippen LogP contribution in [0.15, 0.2) is 72.3 Å². The molecule has 1 aliphatic carbocycles. The van der Waals surface area contributed by atoms with Crippen molar-refractivity contribution in [2.24, 2.45) is 5.92 Å². The standard InChI is InChI=1S/C23H20N2O3/c24-15-17-10-7-13-19-21(26)14-20(16-8-3-1-4-9-16)25(22(17)19)23(27)28-18-11-5-2-6-12-18/h1-6,8-9,11-13,17,20,22H,7,10,14H2/t17-,20+,22-/m1/s1. The van der Waals surface area contributed by atoms with Gasteiger partial charge in [-0.1, -0.05) is 54.6 Å². The quantitative estimate of drug-likeness (QED) is 0.782. The normalized spacial score (nSPS) is 24.0. The molecule has 0 saturated carbocycles. The van der Waals surface area contributed by atoms with Crippen LogP contribution in [0.2, 0.25) is 0 Å². The van der Waals surface area contributed by atoms with E-state index in [2.05, 4.69) is 6.07 Å². The molecule has 1 aliphatic heterocycles. The van der Waals surface area contributed by atoms with E-state index in [9.17, 15) is 14.9 Å². The fraction of sp³-hybridized carbons (Fsp3) is 0.261. The number of carbonyl (C=O) groups is 2. The van der Waals surface area contributed by atoms with Gasteiger partial charge in [0.2, 0.25) is 0 Å². The van der Waals surface area contributed by atoms with Crippen LogP contribution >= 0.6 is 0 Å². The van der Waals surface area contributed by atoms with Gasteiger partial charge in [0.15, 0.2) is 5.78 Å². The molecule has 0 bridgehead atoms. The summed E-state index contributed by atoms with van der Waals surface area (Å²) in [6, 6.07) is 19.6. The van der Waals surface area contributed by atoms with Crippen molar-refractivity contribution in [3.8, 4) is 11.8 Å². The van der Waals surface area contributed by atoms with Crippen molar-refractivity contribution in [2.45, 2.75) is 31.3 Å². The number of para-hydroxylation sites is 1. The Balaban J connectivity index is 1.76. The van der Waals surface area contributed by atoms with Crippen LogP contribution in [0.3, 0.4) is 0 Å². The highest BCUT2D eigenvalue weighted by Gasteiger charge is 2.47. The summed E-state index contributed by atoms with van der Waals surface area (Å²) in [6.45, 7) is 0. The lowest BCUT2D eigenvalue weighted by atomic mass is 9.76. The summed E-state index contributed by atoms with van der Waals surface area (Å²) >= 11 is 0. The molecule has 28 heavy (non-hydrogen) atoms. The molecule has 3 atom stereocenters. The Hall–Kier alpha value is -3.39. The summed E-state index contributed by atoms with van der Waals surface area (Å²) in [5.74, 6) is 0.00686. The lowest BCUT2D eigenvalue weighted by Crippen LogP contribution is -2.54. The number of benzene rings is 2. The predicted octanol–water partition coefficient (Wildman–Crippen LogP) is 4.43. The number of nitriles is 1. The maximum Gasteiger partial charge on any atom is 0.416 e. The lowest BCUT2D eigenvalue weighted by molar-refractivity contribution is -0.120. The number of ketones is 1. The molecule has 1 amide bonds. The molecular weight excluding hydrogens is 352 g/mol. The van der Waals surface area contributed by atoms with Gasteiger partial charge in [-0.2, -0.15) is 5.26 Å². The second kappa shape index (κ2) is 7.69. The fourth-order valence-electron chi connectivity index (χ4n) is 4.09. The van der Waals surface area contributed by atoms with Gasteiger partial charge in [0.1, 0.15) is 5.75 Å². The number of hydrogen-bond acceptors (Lipinski definition) is 4. The van der Waals surface area contributed by atoms with E-state index in [0.29, 0.717) is 24.2 Å². The first-order valence-corrected chi connectivity index (χ1v) is 9.42. The minimum Gasteiger partial charge on any atom is -0.410 e. The van der Waals surface area contributed by atoms with Crippen LogP contribution in [0.25, 0.3) is 0 Å². The zero-order chi connectivity index (χ0) is 19.5. The van der Waals surface area contributed by atoms with Crippen molar-refractivity contribution in [1.29, 1.82) is 5.26 Å². The Bertz CT molecular complexity index is 947. The van der Waals surface area contributed by atoms with Gasteiger partial charge in [-0.15, -0.1) is 0 Å².